The Bertz CT molecular complexity index is 475. The second kappa shape index (κ2) is 5.44. The molecule has 0 spiro atoms. The number of hydrogen-bond acceptors (Lipinski definition) is 4. The van der Waals surface area contributed by atoms with Gasteiger partial charge >= 0.3 is 0 Å². The maximum absolute atomic E-state index is 12.0. The number of nitrogens with zero attached hydrogens (tertiary/aromatic N) is 1. The Morgan fingerprint density at radius 1 is 1.44 bits per heavy atom. The molecule has 2 rings (SSSR count). The van der Waals surface area contributed by atoms with Gasteiger partial charge in [0.05, 0.1) is 12.8 Å². The minimum atomic E-state index is 0.0400. The van der Waals surface area contributed by atoms with Crippen LogP contribution in [0.1, 0.15) is 13.3 Å². The van der Waals surface area contributed by atoms with Gasteiger partial charge in [-0.1, -0.05) is 23.9 Å². The average molecular weight is 265 g/mol. The van der Waals surface area contributed by atoms with Crippen molar-refractivity contribution in [2.24, 2.45) is 0 Å². The van der Waals surface area contributed by atoms with Crippen LogP contribution in [0.15, 0.2) is 24.3 Å². The molecule has 0 bridgehead atoms. The van der Waals surface area contributed by atoms with Crippen LogP contribution in [0.3, 0.4) is 0 Å². The lowest BCUT2D eigenvalue weighted by molar-refractivity contribution is -0.117. The number of rotatable bonds is 3. The SMILES string of the molecule is COc1ccccc1N1CC(SC(C)=O)CC1=O. The summed E-state index contributed by atoms with van der Waals surface area (Å²) in [5, 5.41) is 0.0922. The summed E-state index contributed by atoms with van der Waals surface area (Å²) < 4.78 is 5.25. The van der Waals surface area contributed by atoms with Crippen molar-refractivity contribution in [3.8, 4) is 5.75 Å². The van der Waals surface area contributed by atoms with Gasteiger partial charge in [-0.3, -0.25) is 9.59 Å². The van der Waals surface area contributed by atoms with Crippen molar-refractivity contribution in [3.63, 3.8) is 0 Å². The van der Waals surface area contributed by atoms with Gasteiger partial charge in [0.2, 0.25) is 5.91 Å². The summed E-state index contributed by atoms with van der Waals surface area (Å²) in [6.07, 6.45) is 0.405. The topological polar surface area (TPSA) is 46.6 Å². The highest BCUT2D eigenvalue weighted by molar-refractivity contribution is 8.14. The van der Waals surface area contributed by atoms with Crippen LogP contribution in [0, 0.1) is 0 Å². The van der Waals surface area contributed by atoms with Crippen molar-refractivity contribution in [1.82, 2.24) is 0 Å². The van der Waals surface area contributed by atoms with Crippen LogP contribution in [0.25, 0.3) is 0 Å². The maximum Gasteiger partial charge on any atom is 0.228 e. The first kappa shape index (κ1) is 13.0. The molecular weight excluding hydrogens is 250 g/mol. The van der Waals surface area contributed by atoms with Gasteiger partial charge in [-0.15, -0.1) is 0 Å². The Morgan fingerprint density at radius 3 is 2.83 bits per heavy atom. The minimum Gasteiger partial charge on any atom is -0.495 e. The standard InChI is InChI=1S/C13H15NO3S/c1-9(15)18-10-7-13(16)14(8-10)11-5-3-4-6-12(11)17-2/h3-6,10H,7-8H2,1-2H3. The zero-order chi connectivity index (χ0) is 13.1. The molecule has 0 saturated carbocycles. The van der Waals surface area contributed by atoms with E-state index >= 15 is 0 Å². The van der Waals surface area contributed by atoms with E-state index in [1.54, 1.807) is 12.0 Å². The fraction of sp³-hybridized carbons (Fsp3) is 0.385. The summed E-state index contributed by atoms with van der Waals surface area (Å²) in [5.74, 6) is 0.720. The molecule has 18 heavy (non-hydrogen) atoms. The lowest BCUT2D eigenvalue weighted by Crippen LogP contribution is -2.25. The molecule has 1 saturated heterocycles. The number of anilines is 1. The first-order chi connectivity index (χ1) is 8.61. The Kier molecular flexibility index (Phi) is 3.91. The molecule has 1 aliphatic rings. The summed E-state index contributed by atoms with van der Waals surface area (Å²) in [6.45, 7) is 2.09. The third-order valence-corrected chi connectivity index (χ3v) is 3.78. The van der Waals surface area contributed by atoms with E-state index in [-0.39, 0.29) is 16.3 Å². The van der Waals surface area contributed by atoms with Crippen molar-refractivity contribution in [1.29, 1.82) is 0 Å². The van der Waals surface area contributed by atoms with Crippen LogP contribution < -0.4 is 9.64 Å². The largest absolute Gasteiger partial charge is 0.495 e. The van der Waals surface area contributed by atoms with Crippen LogP contribution in [-0.2, 0) is 9.59 Å². The van der Waals surface area contributed by atoms with E-state index in [0.717, 1.165) is 5.69 Å². The molecule has 0 N–H and O–H groups in total. The number of methoxy groups -OCH3 is 1. The van der Waals surface area contributed by atoms with Crippen LogP contribution in [0.4, 0.5) is 5.69 Å². The first-order valence-electron chi connectivity index (χ1n) is 5.72. The molecule has 1 unspecified atom stereocenters. The molecule has 0 aliphatic carbocycles. The molecular formula is C13H15NO3S. The minimum absolute atomic E-state index is 0.0400. The summed E-state index contributed by atoms with van der Waals surface area (Å²) in [6, 6.07) is 7.42. The van der Waals surface area contributed by atoms with Gasteiger partial charge in [0.15, 0.2) is 5.12 Å². The summed E-state index contributed by atoms with van der Waals surface area (Å²) in [7, 11) is 1.58. The predicted molar refractivity (Wildman–Crippen MR) is 72.0 cm³/mol. The maximum atomic E-state index is 12.0. The lowest BCUT2D eigenvalue weighted by atomic mass is 10.2. The average Bonchev–Trinajstić information content (AvgIpc) is 2.69. The van der Waals surface area contributed by atoms with Gasteiger partial charge in [-0.05, 0) is 12.1 Å². The van der Waals surface area contributed by atoms with E-state index in [2.05, 4.69) is 0 Å². The second-order valence-corrected chi connectivity index (χ2v) is 5.59. The highest BCUT2D eigenvalue weighted by atomic mass is 32.2. The van der Waals surface area contributed by atoms with E-state index in [9.17, 15) is 9.59 Å². The number of hydrogen-bond donors (Lipinski definition) is 0. The molecule has 1 fully saturated rings. The molecule has 1 aromatic rings. The third kappa shape index (κ3) is 2.67. The van der Waals surface area contributed by atoms with E-state index in [1.165, 1.54) is 18.7 Å². The van der Waals surface area contributed by atoms with Gasteiger partial charge in [-0.25, -0.2) is 0 Å². The summed E-state index contributed by atoms with van der Waals surface area (Å²) in [4.78, 5) is 24.8. The molecule has 96 valence electrons. The van der Waals surface area contributed by atoms with E-state index in [0.29, 0.717) is 18.7 Å². The zero-order valence-corrected chi connectivity index (χ0v) is 11.2. The summed E-state index contributed by atoms with van der Waals surface area (Å²) >= 11 is 1.24. The van der Waals surface area contributed by atoms with Crippen molar-refractivity contribution in [2.45, 2.75) is 18.6 Å². The molecule has 1 amide bonds. The highest BCUT2D eigenvalue weighted by Crippen LogP contribution is 2.34. The number of para-hydroxylation sites is 2. The molecule has 1 heterocycles. The third-order valence-electron chi connectivity index (χ3n) is 2.80. The van der Waals surface area contributed by atoms with Gasteiger partial charge < -0.3 is 9.64 Å². The molecule has 0 aromatic heterocycles. The molecule has 5 heteroatoms. The van der Waals surface area contributed by atoms with Crippen LogP contribution in [-0.4, -0.2) is 29.9 Å². The number of thioether (sulfide) groups is 1. The van der Waals surface area contributed by atoms with Crippen LogP contribution >= 0.6 is 11.8 Å². The molecule has 0 radical (unpaired) electrons. The number of carbonyl (C=O) groups excluding carboxylic acids is 2. The fourth-order valence-corrected chi connectivity index (χ4v) is 2.99. The summed E-state index contributed by atoms with van der Waals surface area (Å²) in [5.41, 5.74) is 0.775. The molecule has 4 nitrogen and oxygen atoms in total. The Morgan fingerprint density at radius 2 is 2.17 bits per heavy atom. The van der Waals surface area contributed by atoms with Crippen molar-refractivity contribution in [3.05, 3.63) is 24.3 Å². The van der Waals surface area contributed by atoms with Crippen molar-refractivity contribution >= 4 is 28.5 Å². The molecule has 1 atom stereocenters. The van der Waals surface area contributed by atoms with Gasteiger partial charge in [-0.2, -0.15) is 0 Å². The number of ether oxygens (including phenoxy) is 1. The smallest absolute Gasteiger partial charge is 0.228 e. The normalized spacial score (nSPS) is 19.1. The first-order valence-corrected chi connectivity index (χ1v) is 6.60. The monoisotopic (exact) mass is 265 g/mol. The van der Waals surface area contributed by atoms with Gasteiger partial charge in [0.1, 0.15) is 5.75 Å². The molecule has 1 aliphatic heterocycles. The fourth-order valence-electron chi connectivity index (χ4n) is 2.07. The lowest BCUT2D eigenvalue weighted by Gasteiger charge is -2.19. The second-order valence-electron chi connectivity index (χ2n) is 4.11. The van der Waals surface area contributed by atoms with E-state index < -0.39 is 0 Å². The van der Waals surface area contributed by atoms with Crippen molar-refractivity contribution in [2.75, 3.05) is 18.6 Å². The molecule has 1 aromatic carbocycles. The van der Waals surface area contributed by atoms with Crippen molar-refractivity contribution < 1.29 is 14.3 Å². The quantitative estimate of drug-likeness (QED) is 0.839. The zero-order valence-electron chi connectivity index (χ0n) is 10.4. The van der Waals surface area contributed by atoms with E-state index in [4.69, 9.17) is 4.74 Å². The van der Waals surface area contributed by atoms with Gasteiger partial charge in [0.25, 0.3) is 0 Å². The number of carbonyl (C=O) groups is 2. The highest BCUT2D eigenvalue weighted by Gasteiger charge is 2.33. The Balaban J connectivity index is 2.19. The Labute approximate surface area is 110 Å². The predicted octanol–water partition coefficient (Wildman–Crippen LogP) is 2.08. The van der Waals surface area contributed by atoms with E-state index in [1.807, 2.05) is 24.3 Å². The number of amides is 1. The number of benzene rings is 1. The van der Waals surface area contributed by atoms with Crippen LogP contribution in [0.5, 0.6) is 5.75 Å². The van der Waals surface area contributed by atoms with Gasteiger partial charge in [0, 0.05) is 25.1 Å². The Hall–Kier alpha value is -1.49. The van der Waals surface area contributed by atoms with Crippen LogP contribution in [0.2, 0.25) is 0 Å².